The fourth-order valence-corrected chi connectivity index (χ4v) is 5.49. The molecule has 1 fully saturated rings. The van der Waals surface area contributed by atoms with Crippen LogP contribution in [0.2, 0.25) is 0 Å². The van der Waals surface area contributed by atoms with Gasteiger partial charge in [-0.1, -0.05) is 42.5 Å². The summed E-state index contributed by atoms with van der Waals surface area (Å²) in [5, 5.41) is 0.807. The highest BCUT2D eigenvalue weighted by atomic mass is 32.2. The summed E-state index contributed by atoms with van der Waals surface area (Å²) in [4.78, 5) is 22.0. The van der Waals surface area contributed by atoms with E-state index < -0.39 is 10.0 Å². The molecular weight excluding hydrogens is 416 g/mol. The minimum absolute atomic E-state index is 0.00689. The zero-order valence-corrected chi connectivity index (χ0v) is 17.6. The van der Waals surface area contributed by atoms with E-state index in [4.69, 9.17) is 4.42 Å². The number of rotatable bonds is 5. The van der Waals surface area contributed by atoms with Crippen LogP contribution < -0.4 is 5.56 Å². The second-order valence-corrected chi connectivity index (χ2v) is 9.67. The predicted octanol–water partition coefficient (Wildman–Crippen LogP) is 2.32. The number of piperazine rings is 1. The summed E-state index contributed by atoms with van der Waals surface area (Å²) in [5.41, 5.74) is 1.89. The average Bonchev–Trinajstić information content (AvgIpc) is 3.14. The molecule has 0 atom stereocenters. The van der Waals surface area contributed by atoms with Crippen LogP contribution >= 0.6 is 0 Å². The van der Waals surface area contributed by atoms with E-state index in [1.165, 1.54) is 0 Å². The molecule has 0 spiro atoms. The molecule has 0 radical (unpaired) electrons. The Morgan fingerprint density at radius 1 is 0.968 bits per heavy atom. The molecule has 8 nitrogen and oxygen atoms in total. The Bertz CT molecular complexity index is 1390. The number of aromatic nitrogens is 2. The number of H-pyrrole nitrogens is 1. The maximum Gasteiger partial charge on any atom is 0.294 e. The molecule has 4 aromatic rings. The van der Waals surface area contributed by atoms with Crippen LogP contribution in [0.3, 0.4) is 0 Å². The van der Waals surface area contributed by atoms with Crippen molar-refractivity contribution >= 4 is 32.1 Å². The highest BCUT2D eigenvalue weighted by molar-refractivity contribution is 7.88. The fraction of sp³-hybridized carbons (Fsp3) is 0.273. The minimum atomic E-state index is -3.36. The predicted molar refractivity (Wildman–Crippen MR) is 118 cm³/mol. The molecule has 1 aliphatic heterocycles. The Hall–Kier alpha value is -3.01. The number of nitrogens with one attached hydrogen (secondary N) is 1. The van der Waals surface area contributed by atoms with Gasteiger partial charge in [-0.05, 0) is 17.7 Å². The van der Waals surface area contributed by atoms with E-state index in [0.717, 1.165) is 10.9 Å². The Morgan fingerprint density at radius 2 is 1.68 bits per heavy atom. The van der Waals surface area contributed by atoms with Gasteiger partial charge in [0.1, 0.15) is 16.9 Å². The zero-order valence-electron chi connectivity index (χ0n) is 16.8. The summed E-state index contributed by atoms with van der Waals surface area (Å²) in [6, 6.07) is 16.6. The van der Waals surface area contributed by atoms with Crippen molar-refractivity contribution in [2.45, 2.75) is 12.3 Å². The molecule has 0 aliphatic carbocycles. The third kappa shape index (κ3) is 3.99. The van der Waals surface area contributed by atoms with Crippen molar-refractivity contribution in [3.63, 3.8) is 0 Å². The van der Waals surface area contributed by atoms with Crippen LogP contribution in [0.5, 0.6) is 0 Å². The molecule has 9 heteroatoms. The molecule has 1 saturated heterocycles. The van der Waals surface area contributed by atoms with Crippen molar-refractivity contribution in [1.82, 2.24) is 19.2 Å². The molecule has 1 N–H and O–H groups in total. The van der Waals surface area contributed by atoms with Crippen LogP contribution in [0.25, 0.3) is 22.1 Å². The van der Waals surface area contributed by atoms with E-state index in [9.17, 15) is 13.2 Å². The summed E-state index contributed by atoms with van der Waals surface area (Å²) in [7, 11) is -3.36. The van der Waals surface area contributed by atoms with Crippen molar-refractivity contribution in [2.75, 3.05) is 26.2 Å². The van der Waals surface area contributed by atoms with Gasteiger partial charge in [-0.25, -0.2) is 13.4 Å². The first-order valence-corrected chi connectivity index (χ1v) is 11.7. The van der Waals surface area contributed by atoms with Crippen molar-refractivity contribution < 1.29 is 12.8 Å². The third-order valence-corrected chi connectivity index (χ3v) is 7.42. The van der Waals surface area contributed by atoms with E-state index in [1.807, 2.05) is 54.6 Å². The van der Waals surface area contributed by atoms with Gasteiger partial charge < -0.3 is 9.40 Å². The number of benzene rings is 2. The van der Waals surface area contributed by atoms with Crippen molar-refractivity contribution in [3.05, 3.63) is 76.3 Å². The SMILES string of the molecule is O=c1[nH]c(CN2CCN(S(=O)(=O)Cc3ccccc3)CC2)nc2c1oc1ccccc12. The van der Waals surface area contributed by atoms with Crippen LogP contribution in [-0.4, -0.2) is 53.8 Å². The Kier molecular flexibility index (Phi) is 5.09. The number of sulfonamides is 1. The van der Waals surface area contributed by atoms with Gasteiger partial charge in [0, 0.05) is 31.6 Å². The lowest BCUT2D eigenvalue weighted by Gasteiger charge is -2.33. The summed E-state index contributed by atoms with van der Waals surface area (Å²) in [6.07, 6.45) is 0. The van der Waals surface area contributed by atoms with E-state index in [-0.39, 0.29) is 16.9 Å². The Balaban J connectivity index is 1.29. The number of hydrogen-bond donors (Lipinski definition) is 1. The molecule has 3 heterocycles. The number of nitrogens with zero attached hydrogens (tertiary/aromatic N) is 3. The molecular formula is C22H22N4O4S. The monoisotopic (exact) mass is 438 g/mol. The quantitative estimate of drug-likeness (QED) is 0.513. The maximum atomic E-state index is 12.7. The van der Waals surface area contributed by atoms with E-state index in [2.05, 4.69) is 14.9 Å². The summed E-state index contributed by atoms with van der Waals surface area (Å²) >= 11 is 0. The van der Waals surface area contributed by atoms with Crippen LogP contribution in [0.1, 0.15) is 11.4 Å². The highest BCUT2D eigenvalue weighted by Gasteiger charge is 2.27. The van der Waals surface area contributed by atoms with Gasteiger partial charge in [-0.15, -0.1) is 0 Å². The first kappa shape index (κ1) is 19.9. The number of aromatic amines is 1. The molecule has 160 valence electrons. The van der Waals surface area contributed by atoms with Gasteiger partial charge in [0.15, 0.2) is 0 Å². The topological polar surface area (TPSA) is 99.5 Å². The minimum Gasteiger partial charge on any atom is -0.449 e. The molecule has 0 bridgehead atoms. The molecule has 5 rings (SSSR count). The molecule has 1 aliphatic rings. The van der Waals surface area contributed by atoms with Gasteiger partial charge in [0.05, 0.1) is 12.3 Å². The van der Waals surface area contributed by atoms with Crippen LogP contribution in [-0.2, 0) is 22.3 Å². The molecule has 2 aromatic carbocycles. The molecule has 2 aromatic heterocycles. The van der Waals surface area contributed by atoms with Gasteiger partial charge in [-0.3, -0.25) is 9.69 Å². The molecule has 0 saturated carbocycles. The fourth-order valence-electron chi connectivity index (χ4n) is 3.98. The number of furan rings is 1. The van der Waals surface area contributed by atoms with Crippen molar-refractivity contribution in [3.8, 4) is 0 Å². The lowest BCUT2D eigenvalue weighted by atomic mass is 10.2. The van der Waals surface area contributed by atoms with E-state index >= 15 is 0 Å². The third-order valence-electron chi connectivity index (χ3n) is 5.57. The van der Waals surface area contributed by atoms with E-state index in [1.54, 1.807) is 4.31 Å². The van der Waals surface area contributed by atoms with Gasteiger partial charge >= 0.3 is 0 Å². The zero-order chi connectivity index (χ0) is 21.4. The Morgan fingerprint density at radius 3 is 2.45 bits per heavy atom. The summed E-state index contributed by atoms with van der Waals surface area (Å²) in [5.74, 6) is 0.553. The largest absolute Gasteiger partial charge is 0.449 e. The van der Waals surface area contributed by atoms with E-state index in [0.29, 0.717) is 49.6 Å². The number of hydrogen-bond acceptors (Lipinski definition) is 6. The second-order valence-electron chi connectivity index (χ2n) is 7.71. The van der Waals surface area contributed by atoms with Gasteiger partial charge in [0.2, 0.25) is 15.6 Å². The number of fused-ring (bicyclic) bond motifs is 3. The van der Waals surface area contributed by atoms with Crippen LogP contribution in [0, 0.1) is 0 Å². The first-order valence-electron chi connectivity index (χ1n) is 10.1. The lowest BCUT2D eigenvalue weighted by molar-refractivity contribution is 0.178. The molecule has 31 heavy (non-hydrogen) atoms. The second kappa shape index (κ2) is 7.92. The summed E-state index contributed by atoms with van der Waals surface area (Å²) < 4.78 is 32.7. The normalized spacial score (nSPS) is 16.3. The van der Waals surface area contributed by atoms with Gasteiger partial charge in [0.25, 0.3) is 5.56 Å². The van der Waals surface area contributed by atoms with Crippen LogP contribution in [0.15, 0.2) is 63.8 Å². The summed E-state index contributed by atoms with van der Waals surface area (Å²) in [6.45, 7) is 2.41. The average molecular weight is 439 g/mol. The molecule has 0 amide bonds. The van der Waals surface area contributed by atoms with Crippen LogP contribution in [0.4, 0.5) is 0 Å². The standard InChI is InChI=1S/C22H22N4O4S/c27-22-21-20(17-8-4-5-9-18(17)30-21)23-19(24-22)14-25-10-12-26(13-11-25)31(28,29)15-16-6-2-1-3-7-16/h1-9H,10-15H2,(H,23,24,27). The smallest absolute Gasteiger partial charge is 0.294 e. The van der Waals surface area contributed by atoms with Crippen molar-refractivity contribution in [2.24, 2.45) is 0 Å². The molecule has 0 unspecified atom stereocenters. The lowest BCUT2D eigenvalue weighted by Crippen LogP contribution is -2.48. The maximum absolute atomic E-state index is 12.7. The Labute approximate surface area is 179 Å². The van der Waals surface area contributed by atoms with Gasteiger partial charge in [-0.2, -0.15) is 4.31 Å². The number of para-hydroxylation sites is 1. The first-order chi connectivity index (χ1) is 15.0. The highest BCUT2D eigenvalue weighted by Crippen LogP contribution is 2.24. The van der Waals surface area contributed by atoms with Crippen molar-refractivity contribution in [1.29, 1.82) is 0 Å².